The maximum absolute atomic E-state index is 13.7. The average Bonchev–Trinajstić information content (AvgIpc) is 3.18. The lowest BCUT2D eigenvalue weighted by molar-refractivity contribution is -0.394. The summed E-state index contributed by atoms with van der Waals surface area (Å²) in [5, 5.41) is 33.1. The molecule has 1 aliphatic heterocycles. The Balaban J connectivity index is 1.99. The van der Waals surface area contributed by atoms with Crippen molar-refractivity contribution in [1.29, 1.82) is 0 Å². The van der Waals surface area contributed by atoms with Crippen molar-refractivity contribution in [2.45, 2.75) is 24.8 Å². The first-order valence-corrected chi connectivity index (χ1v) is 13.1. The van der Waals surface area contributed by atoms with Gasteiger partial charge in [-0.15, -0.1) is 11.8 Å². The molecule has 1 aliphatic rings. The van der Waals surface area contributed by atoms with Gasteiger partial charge in [0.25, 0.3) is 11.2 Å². The zero-order chi connectivity index (χ0) is 27.7. The smallest absolute Gasteiger partial charge is 0.338 e. The van der Waals surface area contributed by atoms with E-state index in [2.05, 4.69) is 4.99 Å². The summed E-state index contributed by atoms with van der Waals surface area (Å²) in [6.07, 6.45) is 3.05. The van der Waals surface area contributed by atoms with Crippen molar-refractivity contribution < 1.29 is 24.5 Å². The minimum Gasteiger partial charge on any atom is -0.502 e. The third kappa shape index (κ3) is 4.82. The van der Waals surface area contributed by atoms with E-state index in [0.717, 1.165) is 28.4 Å². The zero-order valence-corrected chi connectivity index (χ0v) is 21.9. The number of allylic oxidation sites excluding steroid dienone is 1. The number of non-ortho nitro benzene ring substituents is 1. The first-order valence-electron chi connectivity index (χ1n) is 11.1. The number of aromatic hydroxyl groups is 1. The molecule has 0 saturated carbocycles. The number of nitro groups is 2. The molecule has 0 unspecified atom stereocenters. The fourth-order valence-electron chi connectivity index (χ4n) is 4.01. The highest BCUT2D eigenvalue weighted by atomic mass is 32.2. The standard InChI is InChI=1S/C24H20N4O8S2/c1-4-36-23(31)19-12(2)25-24-26(20(19)13-5-7-16(37-3)8-6-13)22(30)18(38-24)10-14-9-15(27(32)33)11-17(21(14)29)28(34)35/h5-11,20,29H,4H2,1-3H3/b18-10-/t20-/m0/s1. The number of phenolic OH excluding ortho intramolecular Hbond substituents is 1. The number of hydrogen-bond acceptors (Lipinski definition) is 11. The van der Waals surface area contributed by atoms with E-state index < -0.39 is 44.5 Å². The lowest BCUT2D eigenvalue weighted by atomic mass is 9.96. The Morgan fingerprint density at radius 3 is 2.50 bits per heavy atom. The molecule has 3 aromatic rings. The Bertz CT molecular complexity index is 1690. The van der Waals surface area contributed by atoms with E-state index in [1.807, 2.05) is 18.4 Å². The van der Waals surface area contributed by atoms with Gasteiger partial charge in [-0.3, -0.25) is 29.6 Å². The maximum atomic E-state index is 13.7. The first-order chi connectivity index (χ1) is 18.1. The lowest BCUT2D eigenvalue weighted by Crippen LogP contribution is -2.39. The van der Waals surface area contributed by atoms with Crippen molar-refractivity contribution in [3.63, 3.8) is 0 Å². The molecule has 1 N–H and O–H groups in total. The van der Waals surface area contributed by atoms with Crippen LogP contribution in [0.1, 0.15) is 31.0 Å². The first kappa shape index (κ1) is 26.8. The van der Waals surface area contributed by atoms with E-state index >= 15 is 0 Å². The molecule has 0 radical (unpaired) electrons. The van der Waals surface area contributed by atoms with Crippen molar-refractivity contribution in [1.82, 2.24) is 4.57 Å². The number of hydrogen-bond donors (Lipinski definition) is 1. The molecule has 0 bridgehead atoms. The van der Waals surface area contributed by atoms with Gasteiger partial charge in [-0.25, -0.2) is 9.79 Å². The number of nitro benzene ring substituents is 2. The van der Waals surface area contributed by atoms with E-state index in [-0.39, 0.29) is 27.1 Å². The number of aromatic nitrogens is 1. The molecule has 2 heterocycles. The molecule has 0 aliphatic carbocycles. The Hall–Kier alpha value is -4.30. The van der Waals surface area contributed by atoms with Crippen LogP contribution in [-0.4, -0.2) is 38.4 Å². The minimum atomic E-state index is -0.950. The lowest BCUT2D eigenvalue weighted by Gasteiger charge is -2.24. The Morgan fingerprint density at radius 1 is 1.24 bits per heavy atom. The molecule has 0 saturated heterocycles. The van der Waals surface area contributed by atoms with Gasteiger partial charge in [0, 0.05) is 16.5 Å². The normalized spacial score (nSPS) is 15.1. The van der Waals surface area contributed by atoms with Crippen molar-refractivity contribution >= 4 is 46.5 Å². The highest BCUT2D eigenvalue weighted by Gasteiger charge is 2.33. The number of esters is 1. The van der Waals surface area contributed by atoms with Crippen LogP contribution in [-0.2, 0) is 9.53 Å². The molecule has 196 valence electrons. The van der Waals surface area contributed by atoms with Gasteiger partial charge in [0.1, 0.15) is 0 Å². The Morgan fingerprint density at radius 2 is 1.92 bits per heavy atom. The number of nitrogens with zero attached hydrogens (tertiary/aromatic N) is 4. The van der Waals surface area contributed by atoms with Gasteiger partial charge in [0.2, 0.25) is 5.75 Å². The summed E-state index contributed by atoms with van der Waals surface area (Å²) >= 11 is 2.45. The molecular weight excluding hydrogens is 536 g/mol. The molecule has 1 atom stereocenters. The van der Waals surface area contributed by atoms with Gasteiger partial charge in [-0.2, -0.15) is 0 Å². The van der Waals surface area contributed by atoms with Gasteiger partial charge in [0.05, 0.1) is 44.4 Å². The second-order valence-corrected chi connectivity index (χ2v) is 9.88. The van der Waals surface area contributed by atoms with Crippen molar-refractivity contribution in [3.05, 3.63) is 98.7 Å². The quantitative estimate of drug-likeness (QED) is 0.199. The maximum Gasteiger partial charge on any atom is 0.338 e. The molecule has 14 heteroatoms. The van der Waals surface area contributed by atoms with Crippen LogP contribution in [0.3, 0.4) is 0 Å². The number of fused-ring (bicyclic) bond motifs is 1. The molecule has 38 heavy (non-hydrogen) atoms. The van der Waals surface area contributed by atoms with E-state index in [4.69, 9.17) is 4.74 Å². The molecule has 0 spiro atoms. The fourth-order valence-corrected chi connectivity index (χ4v) is 5.46. The van der Waals surface area contributed by atoms with Gasteiger partial charge in [0.15, 0.2) is 4.80 Å². The summed E-state index contributed by atoms with van der Waals surface area (Å²) in [6.45, 7) is 3.40. The molecule has 0 amide bonds. The summed E-state index contributed by atoms with van der Waals surface area (Å²) in [7, 11) is 0. The predicted octanol–water partition coefficient (Wildman–Crippen LogP) is 3.04. The summed E-state index contributed by atoms with van der Waals surface area (Å²) < 4.78 is 6.56. The highest BCUT2D eigenvalue weighted by molar-refractivity contribution is 7.98. The van der Waals surface area contributed by atoms with Gasteiger partial charge >= 0.3 is 11.7 Å². The third-order valence-electron chi connectivity index (χ3n) is 5.75. The van der Waals surface area contributed by atoms with Gasteiger partial charge < -0.3 is 9.84 Å². The average molecular weight is 557 g/mol. The largest absolute Gasteiger partial charge is 0.502 e. The second kappa shape index (κ2) is 10.6. The fraction of sp³-hybridized carbons (Fsp3) is 0.208. The van der Waals surface area contributed by atoms with Crippen molar-refractivity contribution in [2.75, 3.05) is 12.9 Å². The summed E-state index contributed by atoms with van der Waals surface area (Å²) in [6, 6.07) is 8.00. The Labute approximate surface area is 222 Å². The summed E-state index contributed by atoms with van der Waals surface area (Å²) in [4.78, 5) is 53.1. The number of benzene rings is 2. The van der Waals surface area contributed by atoms with E-state index in [1.54, 1.807) is 26.0 Å². The SMILES string of the molecule is CCOC(=O)C1=C(C)N=c2s/c(=C\c3cc([N+](=O)[O-])cc([N+](=O)[O-])c3O)c(=O)n2[C@H]1c1ccc(SC)cc1. The number of phenols is 1. The van der Waals surface area contributed by atoms with Crippen LogP contribution < -0.4 is 14.9 Å². The molecule has 1 aromatic heterocycles. The zero-order valence-electron chi connectivity index (χ0n) is 20.2. The number of thiazole rings is 1. The molecular formula is C24H20N4O8S2. The van der Waals surface area contributed by atoms with Crippen LogP contribution in [0.25, 0.3) is 6.08 Å². The number of ether oxygens (including phenoxy) is 1. The van der Waals surface area contributed by atoms with Crippen LogP contribution in [0.15, 0.2) is 62.4 Å². The van der Waals surface area contributed by atoms with E-state index in [1.165, 1.54) is 16.3 Å². The Kier molecular flexibility index (Phi) is 7.46. The molecule has 2 aromatic carbocycles. The van der Waals surface area contributed by atoms with E-state index in [0.29, 0.717) is 17.3 Å². The van der Waals surface area contributed by atoms with Crippen LogP contribution in [0, 0.1) is 20.2 Å². The highest BCUT2D eigenvalue weighted by Crippen LogP contribution is 2.35. The summed E-state index contributed by atoms with van der Waals surface area (Å²) in [5.41, 5.74) is -1.22. The van der Waals surface area contributed by atoms with Gasteiger partial charge in [-0.05, 0) is 43.9 Å². The van der Waals surface area contributed by atoms with Crippen molar-refractivity contribution in [2.24, 2.45) is 4.99 Å². The molecule has 0 fully saturated rings. The van der Waals surface area contributed by atoms with Crippen LogP contribution in [0.4, 0.5) is 11.4 Å². The number of carbonyl (C=O) groups is 1. The van der Waals surface area contributed by atoms with E-state index in [9.17, 15) is 34.9 Å². The number of thioether (sulfide) groups is 1. The third-order valence-corrected chi connectivity index (χ3v) is 7.47. The monoisotopic (exact) mass is 556 g/mol. The predicted molar refractivity (Wildman–Crippen MR) is 140 cm³/mol. The molecule has 4 rings (SSSR count). The van der Waals surface area contributed by atoms with Crippen molar-refractivity contribution in [3.8, 4) is 5.75 Å². The second-order valence-electron chi connectivity index (χ2n) is 7.99. The number of rotatable bonds is 7. The summed E-state index contributed by atoms with van der Waals surface area (Å²) in [5.74, 6) is -1.45. The number of carbonyl (C=O) groups excluding carboxylic acids is 1. The minimum absolute atomic E-state index is 0.00233. The topological polar surface area (TPSA) is 167 Å². The van der Waals surface area contributed by atoms with Gasteiger partial charge in [-0.1, -0.05) is 23.5 Å². The van der Waals surface area contributed by atoms with Crippen LogP contribution in [0.2, 0.25) is 0 Å². The van der Waals surface area contributed by atoms with Crippen LogP contribution >= 0.6 is 23.1 Å². The molecule has 12 nitrogen and oxygen atoms in total. The van der Waals surface area contributed by atoms with Crippen LogP contribution in [0.5, 0.6) is 5.75 Å².